The molecule has 1 aliphatic rings. The van der Waals surface area contributed by atoms with Gasteiger partial charge in [-0.15, -0.1) is 0 Å². The highest BCUT2D eigenvalue weighted by Crippen LogP contribution is 2.19. The SMILES string of the molecule is CCN1CNCc2ncccc21. The van der Waals surface area contributed by atoms with E-state index < -0.39 is 0 Å². The minimum atomic E-state index is 0.896. The molecule has 0 amide bonds. The zero-order valence-electron chi connectivity index (χ0n) is 7.25. The first kappa shape index (κ1) is 7.55. The molecule has 0 spiro atoms. The van der Waals surface area contributed by atoms with Gasteiger partial charge in [-0.1, -0.05) is 0 Å². The fourth-order valence-electron chi connectivity index (χ4n) is 1.53. The molecule has 3 heteroatoms. The predicted molar refractivity (Wildman–Crippen MR) is 49.0 cm³/mol. The van der Waals surface area contributed by atoms with Gasteiger partial charge in [0, 0.05) is 19.3 Å². The summed E-state index contributed by atoms with van der Waals surface area (Å²) in [5, 5.41) is 3.31. The third-order valence-corrected chi connectivity index (χ3v) is 2.18. The molecule has 3 nitrogen and oxygen atoms in total. The van der Waals surface area contributed by atoms with Crippen molar-refractivity contribution in [3.8, 4) is 0 Å². The summed E-state index contributed by atoms with van der Waals surface area (Å²) in [5.74, 6) is 0. The molecule has 0 radical (unpaired) electrons. The van der Waals surface area contributed by atoms with Gasteiger partial charge in [0.15, 0.2) is 0 Å². The van der Waals surface area contributed by atoms with E-state index in [1.165, 1.54) is 5.69 Å². The average Bonchev–Trinajstić information content (AvgIpc) is 2.17. The van der Waals surface area contributed by atoms with Crippen LogP contribution in [0.15, 0.2) is 18.3 Å². The maximum absolute atomic E-state index is 4.31. The third kappa shape index (κ3) is 1.16. The predicted octanol–water partition coefficient (Wildman–Crippen LogP) is 0.969. The van der Waals surface area contributed by atoms with E-state index in [1.807, 2.05) is 12.3 Å². The van der Waals surface area contributed by atoms with Crippen LogP contribution in [0.5, 0.6) is 0 Å². The molecule has 0 unspecified atom stereocenters. The van der Waals surface area contributed by atoms with Gasteiger partial charge in [0.05, 0.1) is 18.1 Å². The number of nitrogens with one attached hydrogen (secondary N) is 1. The Balaban J connectivity index is 2.37. The molecule has 12 heavy (non-hydrogen) atoms. The Hall–Kier alpha value is -1.09. The molecular formula is C9H13N3. The van der Waals surface area contributed by atoms with Crippen molar-refractivity contribution in [2.45, 2.75) is 13.5 Å². The van der Waals surface area contributed by atoms with E-state index in [0.717, 1.165) is 25.5 Å². The molecule has 0 saturated carbocycles. The van der Waals surface area contributed by atoms with Crippen LogP contribution in [0.25, 0.3) is 0 Å². The standard InChI is InChI=1S/C9H13N3/c1-2-12-7-10-6-8-9(12)4-3-5-11-8/h3-5,10H,2,6-7H2,1H3. The van der Waals surface area contributed by atoms with Gasteiger partial charge in [-0.05, 0) is 19.1 Å². The Morgan fingerprint density at radius 2 is 2.58 bits per heavy atom. The van der Waals surface area contributed by atoms with Gasteiger partial charge in [0.2, 0.25) is 0 Å². The van der Waals surface area contributed by atoms with Crippen LogP contribution < -0.4 is 10.2 Å². The molecule has 2 heterocycles. The number of hydrogen-bond acceptors (Lipinski definition) is 3. The van der Waals surface area contributed by atoms with E-state index in [9.17, 15) is 0 Å². The summed E-state index contributed by atoms with van der Waals surface area (Å²) < 4.78 is 0. The fourth-order valence-corrected chi connectivity index (χ4v) is 1.53. The molecule has 0 aromatic carbocycles. The first-order chi connectivity index (χ1) is 5.92. The molecule has 1 aromatic heterocycles. The summed E-state index contributed by atoms with van der Waals surface area (Å²) >= 11 is 0. The quantitative estimate of drug-likeness (QED) is 0.668. The van der Waals surface area contributed by atoms with Crippen molar-refractivity contribution in [1.29, 1.82) is 0 Å². The summed E-state index contributed by atoms with van der Waals surface area (Å²) in [5.41, 5.74) is 2.43. The monoisotopic (exact) mass is 163 g/mol. The average molecular weight is 163 g/mol. The second-order valence-electron chi connectivity index (χ2n) is 2.91. The number of aromatic nitrogens is 1. The highest BCUT2D eigenvalue weighted by Gasteiger charge is 2.14. The lowest BCUT2D eigenvalue weighted by molar-refractivity contribution is 0.610. The Kier molecular flexibility index (Phi) is 1.96. The molecule has 1 N–H and O–H groups in total. The van der Waals surface area contributed by atoms with Gasteiger partial charge in [0.1, 0.15) is 0 Å². The van der Waals surface area contributed by atoms with Crippen LogP contribution in [0.2, 0.25) is 0 Å². The van der Waals surface area contributed by atoms with Gasteiger partial charge in [-0.3, -0.25) is 10.3 Å². The zero-order chi connectivity index (χ0) is 8.39. The van der Waals surface area contributed by atoms with E-state index in [-0.39, 0.29) is 0 Å². The largest absolute Gasteiger partial charge is 0.358 e. The molecule has 0 fully saturated rings. The van der Waals surface area contributed by atoms with Crippen LogP contribution in [0, 0.1) is 0 Å². The van der Waals surface area contributed by atoms with Crippen molar-refractivity contribution in [2.24, 2.45) is 0 Å². The lowest BCUT2D eigenvalue weighted by Gasteiger charge is -2.29. The maximum Gasteiger partial charge on any atom is 0.0775 e. The number of fused-ring (bicyclic) bond motifs is 1. The number of hydrogen-bond donors (Lipinski definition) is 1. The molecule has 0 aliphatic carbocycles. The molecule has 0 atom stereocenters. The Labute approximate surface area is 72.4 Å². The number of rotatable bonds is 1. The lowest BCUT2D eigenvalue weighted by Crippen LogP contribution is -2.39. The van der Waals surface area contributed by atoms with Crippen LogP contribution in [0.3, 0.4) is 0 Å². The van der Waals surface area contributed by atoms with E-state index in [2.05, 4.69) is 28.2 Å². The van der Waals surface area contributed by atoms with E-state index in [4.69, 9.17) is 0 Å². The highest BCUT2D eigenvalue weighted by molar-refractivity contribution is 5.51. The van der Waals surface area contributed by atoms with Crippen LogP contribution in [-0.2, 0) is 6.54 Å². The van der Waals surface area contributed by atoms with Crippen molar-refractivity contribution in [1.82, 2.24) is 10.3 Å². The molecule has 2 rings (SSSR count). The van der Waals surface area contributed by atoms with E-state index in [0.29, 0.717) is 0 Å². The van der Waals surface area contributed by atoms with Crippen molar-refractivity contribution in [2.75, 3.05) is 18.1 Å². The smallest absolute Gasteiger partial charge is 0.0775 e. The van der Waals surface area contributed by atoms with Gasteiger partial charge in [-0.25, -0.2) is 0 Å². The van der Waals surface area contributed by atoms with E-state index in [1.54, 1.807) is 0 Å². The van der Waals surface area contributed by atoms with Gasteiger partial charge in [0.25, 0.3) is 0 Å². The highest BCUT2D eigenvalue weighted by atomic mass is 15.2. The third-order valence-electron chi connectivity index (χ3n) is 2.18. The molecule has 0 saturated heterocycles. The second kappa shape index (κ2) is 3.11. The van der Waals surface area contributed by atoms with Crippen LogP contribution in [0.4, 0.5) is 5.69 Å². The minimum absolute atomic E-state index is 0.896. The summed E-state index contributed by atoms with van der Waals surface area (Å²) in [7, 11) is 0. The van der Waals surface area contributed by atoms with Crippen molar-refractivity contribution >= 4 is 5.69 Å². The van der Waals surface area contributed by atoms with Crippen LogP contribution >= 0.6 is 0 Å². The number of nitrogens with zero attached hydrogens (tertiary/aromatic N) is 2. The molecule has 0 bridgehead atoms. The second-order valence-corrected chi connectivity index (χ2v) is 2.91. The normalized spacial score (nSPS) is 15.9. The lowest BCUT2D eigenvalue weighted by atomic mass is 10.2. The van der Waals surface area contributed by atoms with Crippen LogP contribution in [0.1, 0.15) is 12.6 Å². The summed E-state index contributed by atoms with van der Waals surface area (Å²) in [6.45, 7) is 5.03. The van der Waals surface area contributed by atoms with Gasteiger partial charge >= 0.3 is 0 Å². The Bertz CT molecular complexity index is 272. The van der Waals surface area contributed by atoms with E-state index >= 15 is 0 Å². The van der Waals surface area contributed by atoms with Gasteiger partial charge < -0.3 is 4.90 Å². The zero-order valence-corrected chi connectivity index (χ0v) is 7.25. The molecule has 64 valence electrons. The van der Waals surface area contributed by atoms with Crippen molar-refractivity contribution in [3.05, 3.63) is 24.0 Å². The maximum atomic E-state index is 4.31. The fraction of sp³-hybridized carbons (Fsp3) is 0.444. The van der Waals surface area contributed by atoms with Crippen molar-refractivity contribution < 1.29 is 0 Å². The summed E-state index contributed by atoms with van der Waals surface area (Å²) in [6.07, 6.45) is 1.85. The Morgan fingerprint density at radius 1 is 1.67 bits per heavy atom. The van der Waals surface area contributed by atoms with Crippen LogP contribution in [-0.4, -0.2) is 18.2 Å². The summed E-state index contributed by atoms with van der Waals surface area (Å²) in [4.78, 5) is 6.60. The Morgan fingerprint density at radius 3 is 3.42 bits per heavy atom. The number of anilines is 1. The molecule has 1 aliphatic heterocycles. The first-order valence-corrected chi connectivity index (χ1v) is 4.31. The first-order valence-electron chi connectivity index (χ1n) is 4.31. The topological polar surface area (TPSA) is 28.2 Å². The molecular weight excluding hydrogens is 150 g/mol. The number of pyridine rings is 1. The summed E-state index contributed by atoms with van der Waals surface area (Å²) in [6, 6.07) is 4.12. The van der Waals surface area contributed by atoms with Crippen molar-refractivity contribution in [3.63, 3.8) is 0 Å². The van der Waals surface area contributed by atoms with Gasteiger partial charge in [-0.2, -0.15) is 0 Å². The molecule has 1 aromatic rings. The minimum Gasteiger partial charge on any atom is -0.358 e.